The standard InChI is InChI=1S/C40H37ClF3N7O5/c1-54-38-31(20-51-13-12-24(52)19-51)48-36(40(42,43)44)39(50-38)55-32-10-9-26-25(4-2-5-27(26)32)28-6-3-7-29(34(28)41)37-49-30-15-21(14-22(16-45)35(30)56-37)17-46-18-23-8-11-33(53)47-23/h2-7,14-15,23-24,32,46,52H,8-13,17-20H2,1H3,(H,47,53)/t23-,24+,32+/m0/s1. The van der Waals surface area contributed by atoms with Crippen LogP contribution in [-0.2, 0) is 30.5 Å². The number of methoxy groups -OCH3 is 1. The average molecular weight is 788 g/mol. The van der Waals surface area contributed by atoms with Crippen LogP contribution in [0.5, 0.6) is 11.8 Å². The van der Waals surface area contributed by atoms with E-state index in [2.05, 4.69) is 26.7 Å². The van der Waals surface area contributed by atoms with E-state index in [0.29, 0.717) is 90.2 Å². The van der Waals surface area contributed by atoms with Gasteiger partial charge in [-0.05, 0) is 66.1 Å². The zero-order valence-corrected chi connectivity index (χ0v) is 31.0. The molecule has 1 amide bonds. The Morgan fingerprint density at radius 2 is 1.88 bits per heavy atom. The topological polar surface area (TPSA) is 159 Å². The number of alkyl halides is 3. The molecule has 3 aromatic carbocycles. The predicted octanol–water partition coefficient (Wildman–Crippen LogP) is 6.51. The number of likely N-dealkylation sites (tertiary alicyclic amines) is 1. The maximum Gasteiger partial charge on any atom is 0.438 e. The van der Waals surface area contributed by atoms with E-state index >= 15 is 0 Å². The summed E-state index contributed by atoms with van der Waals surface area (Å²) < 4.78 is 60.8. The summed E-state index contributed by atoms with van der Waals surface area (Å²) >= 11 is 7.10. The molecule has 0 unspecified atom stereocenters. The van der Waals surface area contributed by atoms with Gasteiger partial charge in [0.1, 0.15) is 23.4 Å². The summed E-state index contributed by atoms with van der Waals surface area (Å²) in [6.45, 7) is 1.94. The van der Waals surface area contributed by atoms with Crippen molar-refractivity contribution < 1.29 is 37.0 Å². The first-order chi connectivity index (χ1) is 27.0. The van der Waals surface area contributed by atoms with Crippen molar-refractivity contribution in [3.8, 4) is 40.4 Å². The van der Waals surface area contributed by atoms with Crippen molar-refractivity contribution >= 4 is 28.6 Å². The Balaban J connectivity index is 1.06. The molecule has 290 valence electrons. The summed E-state index contributed by atoms with van der Waals surface area (Å²) in [7, 11) is 1.32. The molecule has 0 saturated carbocycles. The van der Waals surface area contributed by atoms with E-state index in [0.717, 1.165) is 23.1 Å². The van der Waals surface area contributed by atoms with Crippen LogP contribution in [0.15, 0.2) is 52.9 Å². The van der Waals surface area contributed by atoms with Crippen molar-refractivity contribution in [3.05, 3.63) is 87.2 Å². The quantitative estimate of drug-likeness (QED) is 0.134. The third-order valence-corrected chi connectivity index (χ3v) is 10.9. The Bertz CT molecular complexity index is 2360. The highest BCUT2D eigenvalue weighted by molar-refractivity contribution is 6.36. The van der Waals surface area contributed by atoms with Gasteiger partial charge in [-0.3, -0.25) is 9.69 Å². The molecule has 5 aromatic rings. The van der Waals surface area contributed by atoms with Crippen LogP contribution in [0.25, 0.3) is 33.7 Å². The Kier molecular flexibility index (Phi) is 10.3. The summed E-state index contributed by atoms with van der Waals surface area (Å²) in [5, 5.41) is 26.5. The molecule has 3 atom stereocenters. The highest BCUT2D eigenvalue weighted by atomic mass is 35.5. The van der Waals surface area contributed by atoms with Crippen LogP contribution < -0.4 is 20.1 Å². The number of carbonyl (C=O) groups is 1. The number of aliphatic hydroxyl groups excluding tert-OH is 1. The van der Waals surface area contributed by atoms with Crippen LogP contribution in [0, 0.1) is 11.3 Å². The second-order valence-electron chi connectivity index (χ2n) is 14.3. The van der Waals surface area contributed by atoms with Gasteiger partial charge in [0.15, 0.2) is 5.58 Å². The molecule has 12 nitrogen and oxygen atoms in total. The number of aromatic nitrogens is 3. The molecule has 2 aromatic heterocycles. The van der Waals surface area contributed by atoms with Gasteiger partial charge in [-0.1, -0.05) is 41.9 Å². The summed E-state index contributed by atoms with van der Waals surface area (Å²) in [5.74, 6) is -0.468. The number of ether oxygens (including phenoxy) is 2. The lowest BCUT2D eigenvalue weighted by molar-refractivity contribution is -0.143. The molecule has 2 aliphatic heterocycles. The van der Waals surface area contributed by atoms with Crippen LogP contribution in [-0.4, -0.2) is 69.8 Å². The molecule has 0 spiro atoms. The van der Waals surface area contributed by atoms with Gasteiger partial charge in [-0.2, -0.15) is 23.4 Å². The molecule has 1 aliphatic carbocycles. The monoisotopic (exact) mass is 787 g/mol. The third kappa shape index (κ3) is 7.49. The first kappa shape index (κ1) is 37.6. The van der Waals surface area contributed by atoms with Crippen molar-refractivity contribution in [1.29, 1.82) is 5.26 Å². The lowest BCUT2D eigenvalue weighted by Crippen LogP contribution is -2.35. The van der Waals surface area contributed by atoms with Crippen LogP contribution in [0.3, 0.4) is 0 Å². The fourth-order valence-electron chi connectivity index (χ4n) is 7.78. The Labute approximate surface area is 324 Å². The Morgan fingerprint density at radius 3 is 2.61 bits per heavy atom. The van der Waals surface area contributed by atoms with Gasteiger partial charge in [0.05, 0.1) is 29.4 Å². The SMILES string of the molecule is COc1nc(O[C@@H]2CCc3c(-c4cccc(-c5nc6cc(CNC[C@@H]7CCC(=O)N7)cc(C#N)c6o5)c4Cl)cccc32)c(C(F)(F)F)nc1CN1CC[C@@H](O)C1. The first-order valence-corrected chi connectivity index (χ1v) is 18.7. The molecule has 0 radical (unpaired) electrons. The molecule has 2 fully saturated rings. The maximum absolute atomic E-state index is 14.4. The number of benzene rings is 3. The van der Waals surface area contributed by atoms with E-state index in [-0.39, 0.29) is 36.0 Å². The van der Waals surface area contributed by atoms with Gasteiger partial charge in [-0.25, -0.2) is 9.97 Å². The lowest BCUT2D eigenvalue weighted by Gasteiger charge is -2.21. The molecular weight excluding hydrogens is 751 g/mol. The fraction of sp³-hybridized carbons (Fsp3) is 0.375. The van der Waals surface area contributed by atoms with Crippen molar-refractivity contribution in [2.75, 3.05) is 26.7 Å². The number of rotatable bonds is 11. The van der Waals surface area contributed by atoms with Crippen LogP contribution >= 0.6 is 11.6 Å². The smallest absolute Gasteiger partial charge is 0.438 e. The van der Waals surface area contributed by atoms with Gasteiger partial charge in [0.25, 0.3) is 0 Å². The number of amides is 1. The number of nitrogens with zero attached hydrogens (tertiary/aromatic N) is 5. The second-order valence-corrected chi connectivity index (χ2v) is 14.6. The van der Waals surface area contributed by atoms with E-state index in [1.807, 2.05) is 30.3 Å². The number of aliphatic hydroxyl groups is 1. The van der Waals surface area contributed by atoms with Gasteiger partial charge in [0, 0.05) is 50.7 Å². The number of carbonyl (C=O) groups excluding carboxylic acids is 1. The van der Waals surface area contributed by atoms with Gasteiger partial charge in [-0.15, -0.1) is 0 Å². The summed E-state index contributed by atoms with van der Waals surface area (Å²) in [4.78, 5) is 26.2. The average Bonchev–Trinajstić information content (AvgIpc) is 3.99. The van der Waals surface area contributed by atoms with Crippen LogP contribution in [0.4, 0.5) is 13.2 Å². The van der Waals surface area contributed by atoms with Gasteiger partial charge < -0.3 is 29.6 Å². The van der Waals surface area contributed by atoms with Crippen molar-refractivity contribution in [2.24, 2.45) is 0 Å². The second kappa shape index (κ2) is 15.3. The zero-order valence-electron chi connectivity index (χ0n) is 30.3. The third-order valence-electron chi connectivity index (χ3n) is 10.4. The molecule has 3 N–H and O–H groups in total. The van der Waals surface area contributed by atoms with Crippen LogP contribution in [0.2, 0.25) is 5.02 Å². The largest absolute Gasteiger partial charge is 0.480 e. The fourth-order valence-corrected chi connectivity index (χ4v) is 8.09. The summed E-state index contributed by atoms with van der Waals surface area (Å²) in [5.41, 5.74) is 4.27. The van der Waals surface area contributed by atoms with E-state index < -0.39 is 30.0 Å². The summed E-state index contributed by atoms with van der Waals surface area (Å²) in [6, 6.07) is 16.8. The number of β-amino-alcohol motifs (C(OH)–C–C–N with tert-alkyl or cyclic N) is 1. The molecule has 16 heteroatoms. The first-order valence-electron chi connectivity index (χ1n) is 18.3. The molecule has 8 rings (SSSR count). The number of hydrogen-bond acceptors (Lipinski definition) is 11. The van der Waals surface area contributed by atoms with Crippen molar-refractivity contribution in [2.45, 2.75) is 69.6 Å². The lowest BCUT2D eigenvalue weighted by atomic mass is 9.95. The number of halogens is 4. The minimum Gasteiger partial charge on any atom is -0.480 e. The van der Waals surface area contributed by atoms with Crippen molar-refractivity contribution in [3.63, 3.8) is 0 Å². The molecule has 0 bridgehead atoms. The van der Waals surface area contributed by atoms with Crippen molar-refractivity contribution in [1.82, 2.24) is 30.5 Å². The summed E-state index contributed by atoms with van der Waals surface area (Å²) in [6.07, 6.45) is -3.47. The number of hydrogen-bond donors (Lipinski definition) is 3. The molecular formula is C40H37ClF3N7O5. The molecule has 4 heterocycles. The van der Waals surface area contributed by atoms with Gasteiger partial charge in [0.2, 0.25) is 29.3 Å². The number of nitriles is 1. The minimum atomic E-state index is -4.85. The van der Waals surface area contributed by atoms with E-state index in [4.69, 9.17) is 30.5 Å². The number of oxazole rings is 1. The highest BCUT2D eigenvalue weighted by Crippen LogP contribution is 2.45. The Hall–Kier alpha value is -5.27. The van der Waals surface area contributed by atoms with Crippen LogP contribution in [0.1, 0.15) is 65.4 Å². The highest BCUT2D eigenvalue weighted by Gasteiger charge is 2.41. The number of nitrogens with one attached hydrogen (secondary N) is 2. The van der Waals surface area contributed by atoms with E-state index in [1.54, 1.807) is 23.1 Å². The molecule has 2 saturated heterocycles. The molecule has 3 aliphatic rings. The zero-order chi connectivity index (χ0) is 39.1. The van der Waals surface area contributed by atoms with E-state index in [1.165, 1.54) is 7.11 Å². The van der Waals surface area contributed by atoms with Gasteiger partial charge >= 0.3 is 6.18 Å². The number of fused-ring (bicyclic) bond motifs is 2. The maximum atomic E-state index is 14.4. The Morgan fingerprint density at radius 1 is 1.07 bits per heavy atom. The van der Waals surface area contributed by atoms with E-state index in [9.17, 15) is 28.3 Å². The molecule has 56 heavy (non-hydrogen) atoms. The normalized spacial score (nSPS) is 19.7. The predicted molar refractivity (Wildman–Crippen MR) is 199 cm³/mol. The minimum absolute atomic E-state index is 0.0112.